The standard InChI is InChI=1S/C26H27N5O2S/c1-19-21(13-16-33-19)25-28-29-26(31(25)17-20-9-3-2-4-10-20)34-18-24(32)27-22-11-5-6-12-23(22)30-14-7-8-15-30/h2-6,9-13,16H,7-8,14-15,17-18H2,1H3,(H,27,32). The third-order valence-electron chi connectivity index (χ3n) is 5.96. The lowest BCUT2D eigenvalue weighted by molar-refractivity contribution is -0.113. The molecule has 0 aliphatic carbocycles. The average molecular weight is 474 g/mol. The minimum Gasteiger partial charge on any atom is -0.469 e. The van der Waals surface area contributed by atoms with Crippen LogP contribution in [0.15, 0.2) is 76.5 Å². The first kappa shape index (κ1) is 22.3. The van der Waals surface area contributed by atoms with E-state index in [2.05, 4.69) is 38.6 Å². The summed E-state index contributed by atoms with van der Waals surface area (Å²) in [5.41, 5.74) is 3.98. The molecule has 0 bridgehead atoms. The topological polar surface area (TPSA) is 76.2 Å². The molecule has 1 aliphatic heterocycles. The zero-order valence-corrected chi connectivity index (χ0v) is 19.9. The molecule has 34 heavy (non-hydrogen) atoms. The lowest BCUT2D eigenvalue weighted by atomic mass is 10.2. The van der Waals surface area contributed by atoms with Gasteiger partial charge in [-0.1, -0.05) is 54.2 Å². The molecule has 1 amide bonds. The van der Waals surface area contributed by atoms with Crippen LogP contribution in [-0.2, 0) is 11.3 Å². The molecule has 0 saturated carbocycles. The predicted molar refractivity (Wildman–Crippen MR) is 135 cm³/mol. The molecule has 1 aliphatic rings. The molecule has 174 valence electrons. The number of aryl methyl sites for hydroxylation is 1. The number of nitrogens with one attached hydrogen (secondary N) is 1. The van der Waals surface area contributed by atoms with Gasteiger partial charge in [0.05, 0.1) is 35.5 Å². The number of hydrogen-bond acceptors (Lipinski definition) is 6. The molecular formula is C26H27N5O2S. The van der Waals surface area contributed by atoms with Crippen LogP contribution in [0.3, 0.4) is 0 Å². The summed E-state index contributed by atoms with van der Waals surface area (Å²) in [5, 5.41) is 12.6. The summed E-state index contributed by atoms with van der Waals surface area (Å²) in [6.45, 7) is 4.57. The monoisotopic (exact) mass is 473 g/mol. The molecule has 2 aromatic carbocycles. The van der Waals surface area contributed by atoms with Crippen LogP contribution in [0, 0.1) is 6.92 Å². The van der Waals surface area contributed by atoms with Gasteiger partial charge >= 0.3 is 0 Å². The van der Waals surface area contributed by atoms with Gasteiger partial charge in [0, 0.05) is 13.1 Å². The van der Waals surface area contributed by atoms with Gasteiger partial charge in [0.1, 0.15) is 5.76 Å². The maximum absolute atomic E-state index is 12.9. The van der Waals surface area contributed by atoms with Crippen molar-refractivity contribution in [2.45, 2.75) is 31.5 Å². The highest BCUT2D eigenvalue weighted by molar-refractivity contribution is 7.99. The normalized spacial score (nSPS) is 13.4. The molecule has 0 radical (unpaired) electrons. The van der Waals surface area contributed by atoms with Crippen LogP contribution in [0.5, 0.6) is 0 Å². The number of carbonyl (C=O) groups is 1. The summed E-state index contributed by atoms with van der Waals surface area (Å²) in [4.78, 5) is 15.2. The first-order chi connectivity index (χ1) is 16.7. The van der Waals surface area contributed by atoms with Crippen molar-refractivity contribution >= 4 is 29.0 Å². The minimum absolute atomic E-state index is 0.0630. The number of nitrogens with zero attached hydrogens (tertiary/aromatic N) is 4. The molecule has 0 spiro atoms. The fourth-order valence-electron chi connectivity index (χ4n) is 4.25. The Hall–Kier alpha value is -3.52. The van der Waals surface area contributed by atoms with Crippen LogP contribution in [0.25, 0.3) is 11.4 Å². The summed E-state index contributed by atoms with van der Waals surface area (Å²) in [6.07, 6.45) is 4.03. The molecule has 5 rings (SSSR count). The minimum atomic E-state index is -0.0630. The Bertz CT molecular complexity index is 1260. The van der Waals surface area contributed by atoms with E-state index < -0.39 is 0 Å². The molecule has 8 heteroatoms. The van der Waals surface area contributed by atoms with E-state index in [9.17, 15) is 4.79 Å². The molecule has 3 heterocycles. The molecule has 7 nitrogen and oxygen atoms in total. The number of aromatic nitrogens is 3. The number of carbonyl (C=O) groups excluding carboxylic acids is 1. The Morgan fingerprint density at radius 2 is 1.79 bits per heavy atom. The average Bonchev–Trinajstić information content (AvgIpc) is 3.61. The van der Waals surface area contributed by atoms with Crippen molar-refractivity contribution in [3.8, 4) is 11.4 Å². The van der Waals surface area contributed by atoms with Gasteiger partial charge in [-0.2, -0.15) is 0 Å². The summed E-state index contributed by atoms with van der Waals surface area (Å²) < 4.78 is 7.54. The number of rotatable bonds is 8. The van der Waals surface area contributed by atoms with Crippen molar-refractivity contribution in [1.29, 1.82) is 0 Å². The van der Waals surface area contributed by atoms with E-state index in [4.69, 9.17) is 4.42 Å². The number of hydrogen-bond donors (Lipinski definition) is 1. The lowest BCUT2D eigenvalue weighted by Gasteiger charge is -2.21. The second-order valence-corrected chi connectivity index (χ2v) is 9.26. The Kier molecular flexibility index (Phi) is 6.67. The van der Waals surface area contributed by atoms with E-state index in [1.807, 2.05) is 54.0 Å². The van der Waals surface area contributed by atoms with Crippen LogP contribution in [0.1, 0.15) is 24.2 Å². The molecule has 0 unspecified atom stereocenters. The van der Waals surface area contributed by atoms with Crippen LogP contribution >= 0.6 is 11.8 Å². The maximum atomic E-state index is 12.9. The second kappa shape index (κ2) is 10.2. The highest BCUT2D eigenvalue weighted by atomic mass is 32.2. The highest BCUT2D eigenvalue weighted by Gasteiger charge is 2.20. The van der Waals surface area contributed by atoms with Crippen molar-refractivity contribution in [1.82, 2.24) is 14.8 Å². The quantitative estimate of drug-likeness (QED) is 0.353. The summed E-state index contributed by atoms with van der Waals surface area (Å²) >= 11 is 1.39. The number of para-hydroxylation sites is 2. The second-order valence-electron chi connectivity index (χ2n) is 8.32. The largest absolute Gasteiger partial charge is 0.469 e. The zero-order chi connectivity index (χ0) is 23.3. The van der Waals surface area contributed by atoms with Gasteiger partial charge in [0.2, 0.25) is 5.91 Å². The Balaban J connectivity index is 1.33. The van der Waals surface area contributed by atoms with Crippen molar-refractivity contribution in [2.75, 3.05) is 29.1 Å². The molecule has 1 N–H and O–H groups in total. The fraction of sp³-hybridized carbons (Fsp3) is 0.269. The van der Waals surface area contributed by atoms with Crippen molar-refractivity contribution in [2.24, 2.45) is 0 Å². The Morgan fingerprint density at radius 1 is 1.03 bits per heavy atom. The molecule has 4 aromatic rings. The van der Waals surface area contributed by atoms with E-state index in [1.165, 1.54) is 24.6 Å². The van der Waals surface area contributed by atoms with Crippen LogP contribution in [0.4, 0.5) is 11.4 Å². The third kappa shape index (κ3) is 4.87. The van der Waals surface area contributed by atoms with Gasteiger partial charge in [-0.25, -0.2) is 0 Å². The third-order valence-corrected chi connectivity index (χ3v) is 6.92. The molecule has 1 fully saturated rings. The van der Waals surface area contributed by atoms with Gasteiger partial charge in [-0.3, -0.25) is 9.36 Å². The van der Waals surface area contributed by atoms with E-state index in [-0.39, 0.29) is 11.7 Å². The summed E-state index contributed by atoms with van der Waals surface area (Å²) in [7, 11) is 0. The fourth-order valence-corrected chi connectivity index (χ4v) is 4.99. The number of anilines is 2. The molecule has 1 saturated heterocycles. The van der Waals surface area contributed by atoms with E-state index in [0.717, 1.165) is 47.2 Å². The molecule has 2 aromatic heterocycles. The lowest BCUT2D eigenvalue weighted by Crippen LogP contribution is -2.21. The van der Waals surface area contributed by atoms with Crippen molar-refractivity contribution in [3.63, 3.8) is 0 Å². The van der Waals surface area contributed by atoms with E-state index in [0.29, 0.717) is 11.7 Å². The van der Waals surface area contributed by atoms with Gasteiger partial charge in [0.25, 0.3) is 0 Å². The van der Waals surface area contributed by atoms with Crippen molar-refractivity contribution in [3.05, 3.63) is 78.3 Å². The van der Waals surface area contributed by atoms with Crippen molar-refractivity contribution < 1.29 is 9.21 Å². The number of thioether (sulfide) groups is 1. The van der Waals surface area contributed by atoms with E-state index in [1.54, 1.807) is 6.26 Å². The van der Waals surface area contributed by atoms with Gasteiger partial charge < -0.3 is 14.6 Å². The van der Waals surface area contributed by atoms with Gasteiger partial charge in [0.15, 0.2) is 11.0 Å². The Morgan fingerprint density at radius 3 is 2.56 bits per heavy atom. The van der Waals surface area contributed by atoms with Crippen LogP contribution < -0.4 is 10.2 Å². The zero-order valence-electron chi connectivity index (χ0n) is 19.1. The van der Waals surface area contributed by atoms with Crippen LogP contribution in [0.2, 0.25) is 0 Å². The van der Waals surface area contributed by atoms with Crippen LogP contribution in [-0.4, -0.2) is 39.5 Å². The smallest absolute Gasteiger partial charge is 0.234 e. The summed E-state index contributed by atoms with van der Waals surface area (Å²) in [6, 6.07) is 20.1. The van der Waals surface area contributed by atoms with E-state index >= 15 is 0 Å². The first-order valence-corrected chi connectivity index (χ1v) is 12.5. The molecular weight excluding hydrogens is 446 g/mol. The highest BCUT2D eigenvalue weighted by Crippen LogP contribution is 2.30. The SMILES string of the molecule is Cc1occc1-c1nnc(SCC(=O)Nc2ccccc2N2CCCC2)n1Cc1ccccc1. The molecule has 0 atom stereocenters. The van der Waals surface area contributed by atoms with Gasteiger partial charge in [-0.05, 0) is 43.5 Å². The summed E-state index contributed by atoms with van der Waals surface area (Å²) in [5.74, 6) is 1.70. The number of furan rings is 1. The maximum Gasteiger partial charge on any atom is 0.234 e. The predicted octanol–water partition coefficient (Wildman–Crippen LogP) is 5.23. The number of amides is 1. The van der Waals surface area contributed by atoms with Gasteiger partial charge in [-0.15, -0.1) is 10.2 Å². The first-order valence-electron chi connectivity index (χ1n) is 11.5. The Labute approximate surface area is 203 Å². The number of benzene rings is 2.